The highest BCUT2D eigenvalue weighted by atomic mass is 15.1. The molecule has 0 aromatic carbocycles. The second-order valence-corrected chi connectivity index (χ2v) is 1.70. The second kappa shape index (κ2) is 2.26. The van der Waals surface area contributed by atoms with Crippen molar-refractivity contribution in [1.29, 1.82) is 0 Å². The number of aromatic nitrogens is 2. The summed E-state index contributed by atoms with van der Waals surface area (Å²) in [6.07, 6.45) is 1.43. The normalized spacial score (nSPS) is 9.20. The number of nitrogens with zero attached hydrogens (tertiary/aromatic N) is 2. The Morgan fingerprint density at radius 3 is 2.70 bits per heavy atom. The zero-order chi connectivity index (χ0) is 7.56. The molecule has 0 atom stereocenters. The molecule has 54 valence electrons. The number of H-pyrrole nitrogens is 1. The number of guanidine groups is 1. The summed E-state index contributed by atoms with van der Waals surface area (Å²) in [6, 6.07) is 0. The Kier molecular flexibility index (Phi) is 1.44. The first-order valence-electron chi connectivity index (χ1n) is 2.58. The SMILES string of the molecule is NC(N)=Nc1ncc(N)[nH]1. The van der Waals surface area contributed by atoms with Crippen molar-refractivity contribution in [2.45, 2.75) is 0 Å². The Hall–Kier alpha value is -1.72. The molecule has 6 heteroatoms. The number of hydrogen-bond acceptors (Lipinski definition) is 3. The van der Waals surface area contributed by atoms with Gasteiger partial charge in [0.1, 0.15) is 5.82 Å². The lowest BCUT2D eigenvalue weighted by Crippen LogP contribution is -2.22. The van der Waals surface area contributed by atoms with Gasteiger partial charge in [0.2, 0.25) is 5.95 Å². The molecule has 0 aliphatic heterocycles. The van der Waals surface area contributed by atoms with E-state index in [1.807, 2.05) is 0 Å². The van der Waals surface area contributed by atoms with Crippen LogP contribution in [0, 0.1) is 0 Å². The van der Waals surface area contributed by atoms with Crippen LogP contribution in [0.4, 0.5) is 11.8 Å². The lowest BCUT2D eigenvalue weighted by molar-refractivity contribution is 1.23. The fourth-order valence-electron chi connectivity index (χ4n) is 0.503. The van der Waals surface area contributed by atoms with Crippen LogP contribution in [0.15, 0.2) is 11.2 Å². The average Bonchev–Trinajstić information content (AvgIpc) is 2.13. The molecule has 0 unspecified atom stereocenters. The van der Waals surface area contributed by atoms with E-state index < -0.39 is 0 Å². The molecule has 6 nitrogen and oxygen atoms in total. The summed E-state index contributed by atoms with van der Waals surface area (Å²) in [5.74, 6) is 0.701. The van der Waals surface area contributed by atoms with E-state index in [-0.39, 0.29) is 5.96 Å². The third-order valence-electron chi connectivity index (χ3n) is 0.817. The molecule has 0 saturated heterocycles. The zero-order valence-electron chi connectivity index (χ0n) is 5.20. The summed E-state index contributed by atoms with van der Waals surface area (Å²) >= 11 is 0. The van der Waals surface area contributed by atoms with Gasteiger partial charge in [-0.25, -0.2) is 4.98 Å². The number of imidazole rings is 1. The largest absolute Gasteiger partial charge is 0.384 e. The van der Waals surface area contributed by atoms with Gasteiger partial charge in [-0.3, -0.25) is 0 Å². The minimum absolute atomic E-state index is 0.0469. The summed E-state index contributed by atoms with van der Waals surface area (Å²) in [4.78, 5) is 9.96. The molecule has 0 fully saturated rings. The molecule has 0 aliphatic rings. The van der Waals surface area contributed by atoms with Crippen molar-refractivity contribution < 1.29 is 0 Å². The van der Waals surface area contributed by atoms with Gasteiger partial charge in [0.05, 0.1) is 6.20 Å². The summed E-state index contributed by atoms with van der Waals surface area (Å²) in [5.41, 5.74) is 15.4. The predicted molar refractivity (Wildman–Crippen MR) is 38.5 cm³/mol. The van der Waals surface area contributed by atoms with Crippen molar-refractivity contribution in [2.24, 2.45) is 16.5 Å². The molecule has 0 radical (unpaired) electrons. The first-order valence-corrected chi connectivity index (χ1v) is 2.58. The van der Waals surface area contributed by atoms with Crippen LogP contribution >= 0.6 is 0 Å². The van der Waals surface area contributed by atoms with Crippen molar-refractivity contribution >= 4 is 17.7 Å². The van der Waals surface area contributed by atoms with Gasteiger partial charge >= 0.3 is 0 Å². The molecule has 1 aromatic heterocycles. The van der Waals surface area contributed by atoms with E-state index in [4.69, 9.17) is 17.2 Å². The molecule has 1 rings (SSSR count). The van der Waals surface area contributed by atoms with Crippen LogP contribution in [0.25, 0.3) is 0 Å². The highest BCUT2D eigenvalue weighted by molar-refractivity contribution is 5.78. The van der Waals surface area contributed by atoms with Gasteiger partial charge in [-0.1, -0.05) is 0 Å². The van der Waals surface area contributed by atoms with Crippen LogP contribution < -0.4 is 17.2 Å². The van der Waals surface area contributed by atoms with E-state index in [2.05, 4.69) is 15.0 Å². The number of rotatable bonds is 1. The van der Waals surface area contributed by atoms with Crippen molar-refractivity contribution in [3.05, 3.63) is 6.20 Å². The molecule has 1 heterocycles. The Balaban J connectivity index is 2.86. The van der Waals surface area contributed by atoms with Gasteiger partial charge in [-0.2, -0.15) is 4.99 Å². The molecular formula is C4H8N6. The Labute approximate surface area is 57.1 Å². The maximum Gasteiger partial charge on any atom is 0.231 e. The topological polar surface area (TPSA) is 119 Å². The van der Waals surface area contributed by atoms with Gasteiger partial charge in [0.25, 0.3) is 0 Å². The van der Waals surface area contributed by atoms with Crippen LogP contribution in [0.5, 0.6) is 0 Å². The monoisotopic (exact) mass is 140 g/mol. The van der Waals surface area contributed by atoms with Crippen LogP contribution in [-0.4, -0.2) is 15.9 Å². The van der Waals surface area contributed by atoms with Gasteiger partial charge in [0, 0.05) is 0 Å². The van der Waals surface area contributed by atoms with E-state index in [0.29, 0.717) is 11.8 Å². The minimum Gasteiger partial charge on any atom is -0.384 e. The summed E-state index contributed by atoms with van der Waals surface area (Å²) in [7, 11) is 0. The van der Waals surface area contributed by atoms with E-state index in [1.54, 1.807) is 0 Å². The number of anilines is 1. The first-order chi connectivity index (χ1) is 4.68. The van der Waals surface area contributed by atoms with Crippen LogP contribution in [0.1, 0.15) is 0 Å². The van der Waals surface area contributed by atoms with Crippen LogP contribution in [-0.2, 0) is 0 Å². The maximum absolute atomic E-state index is 5.29. The molecule has 0 bridgehead atoms. The Bertz CT molecular complexity index is 244. The van der Waals surface area contributed by atoms with Crippen LogP contribution in [0.3, 0.4) is 0 Å². The van der Waals surface area contributed by atoms with Crippen LogP contribution in [0.2, 0.25) is 0 Å². The third-order valence-corrected chi connectivity index (χ3v) is 0.817. The molecule has 1 aromatic rings. The van der Waals surface area contributed by atoms with Gasteiger partial charge in [-0.15, -0.1) is 0 Å². The van der Waals surface area contributed by atoms with Crippen molar-refractivity contribution in [1.82, 2.24) is 9.97 Å². The summed E-state index contributed by atoms with van der Waals surface area (Å²) in [6.45, 7) is 0. The van der Waals surface area contributed by atoms with Crippen molar-refractivity contribution in [2.75, 3.05) is 5.73 Å². The van der Waals surface area contributed by atoms with Crippen molar-refractivity contribution in [3.8, 4) is 0 Å². The number of nitrogen functional groups attached to an aromatic ring is 1. The molecule has 10 heavy (non-hydrogen) atoms. The maximum atomic E-state index is 5.29. The quantitative estimate of drug-likeness (QED) is 0.292. The number of nitrogens with two attached hydrogens (primary N) is 3. The minimum atomic E-state index is -0.0469. The number of hydrogen-bond donors (Lipinski definition) is 4. The number of aliphatic imine (C=N–C) groups is 1. The van der Waals surface area contributed by atoms with Gasteiger partial charge < -0.3 is 22.2 Å². The molecule has 7 N–H and O–H groups in total. The lowest BCUT2D eigenvalue weighted by Gasteiger charge is -1.85. The number of nitrogens with one attached hydrogen (secondary N) is 1. The standard InChI is InChI=1S/C4H8N6/c5-2-1-8-4(9-2)10-3(6)7/h1H,5H2,(H5,6,7,8,9,10). The average molecular weight is 140 g/mol. The molecule has 0 amide bonds. The lowest BCUT2D eigenvalue weighted by atomic mass is 10.8. The molecule has 0 aliphatic carbocycles. The number of aromatic amines is 1. The molecule has 0 saturated carbocycles. The predicted octanol–water partition coefficient (Wildman–Crippen LogP) is -1.10. The Morgan fingerprint density at radius 1 is 1.60 bits per heavy atom. The fraction of sp³-hybridized carbons (Fsp3) is 0. The third kappa shape index (κ3) is 1.38. The second-order valence-electron chi connectivity index (χ2n) is 1.70. The molecule has 0 spiro atoms. The van der Waals surface area contributed by atoms with E-state index in [1.165, 1.54) is 6.20 Å². The zero-order valence-corrected chi connectivity index (χ0v) is 5.20. The highest BCUT2D eigenvalue weighted by Gasteiger charge is 1.92. The van der Waals surface area contributed by atoms with Crippen molar-refractivity contribution in [3.63, 3.8) is 0 Å². The Morgan fingerprint density at radius 2 is 2.30 bits per heavy atom. The van der Waals surface area contributed by atoms with Gasteiger partial charge in [-0.05, 0) is 0 Å². The van der Waals surface area contributed by atoms with E-state index >= 15 is 0 Å². The van der Waals surface area contributed by atoms with E-state index in [9.17, 15) is 0 Å². The first kappa shape index (κ1) is 6.40. The molecular weight excluding hydrogens is 132 g/mol. The summed E-state index contributed by atoms with van der Waals surface area (Å²) in [5, 5.41) is 0. The summed E-state index contributed by atoms with van der Waals surface area (Å²) < 4.78 is 0. The fourth-order valence-corrected chi connectivity index (χ4v) is 0.503. The van der Waals surface area contributed by atoms with Gasteiger partial charge in [0.15, 0.2) is 5.96 Å². The smallest absolute Gasteiger partial charge is 0.231 e. The highest BCUT2D eigenvalue weighted by Crippen LogP contribution is 2.05. The van der Waals surface area contributed by atoms with E-state index in [0.717, 1.165) is 0 Å².